The van der Waals surface area contributed by atoms with E-state index in [1.165, 1.54) is 7.11 Å². The summed E-state index contributed by atoms with van der Waals surface area (Å²) in [5, 5.41) is 12.1. The fraction of sp³-hybridized carbons (Fsp3) is 0.500. The van der Waals surface area contributed by atoms with Gasteiger partial charge in [0, 0.05) is 29.1 Å². The smallest absolute Gasteiger partial charge is 0.326 e. The van der Waals surface area contributed by atoms with E-state index >= 15 is 0 Å². The number of carbonyl (C=O) groups excluding carboxylic acids is 1. The lowest BCUT2D eigenvalue weighted by atomic mass is 9.94. The summed E-state index contributed by atoms with van der Waals surface area (Å²) in [5.41, 5.74) is -0.334. The van der Waals surface area contributed by atoms with Crippen LogP contribution in [0.3, 0.4) is 0 Å². The van der Waals surface area contributed by atoms with Crippen molar-refractivity contribution in [3.63, 3.8) is 0 Å². The Labute approximate surface area is 157 Å². The van der Waals surface area contributed by atoms with Crippen molar-refractivity contribution in [2.75, 3.05) is 20.3 Å². The van der Waals surface area contributed by atoms with Gasteiger partial charge in [-0.05, 0) is 36.6 Å². The maximum absolute atomic E-state index is 12.6. The summed E-state index contributed by atoms with van der Waals surface area (Å²) in [6.07, 6.45) is 1.36. The maximum atomic E-state index is 12.6. The van der Waals surface area contributed by atoms with Crippen molar-refractivity contribution < 1.29 is 24.2 Å². The number of benzene rings is 1. The van der Waals surface area contributed by atoms with Crippen molar-refractivity contribution in [1.29, 1.82) is 0 Å². The van der Waals surface area contributed by atoms with E-state index in [-0.39, 0.29) is 13.0 Å². The van der Waals surface area contributed by atoms with Crippen LogP contribution in [0.5, 0.6) is 0 Å². The van der Waals surface area contributed by atoms with E-state index in [0.29, 0.717) is 19.4 Å². The van der Waals surface area contributed by atoms with Gasteiger partial charge in [-0.3, -0.25) is 4.79 Å². The zero-order valence-corrected chi connectivity index (χ0v) is 16.4. The Balaban J connectivity index is 2.13. The van der Waals surface area contributed by atoms with Gasteiger partial charge in [-0.1, -0.05) is 31.9 Å². The van der Waals surface area contributed by atoms with Gasteiger partial charge in [-0.25, -0.2) is 4.79 Å². The molecule has 2 unspecified atom stereocenters. The number of halogens is 2. The molecular formula is C16H19Br2NO5. The van der Waals surface area contributed by atoms with Crippen LogP contribution in [0.4, 0.5) is 0 Å². The van der Waals surface area contributed by atoms with E-state index in [1.807, 2.05) is 18.2 Å². The molecule has 2 atom stereocenters. The predicted octanol–water partition coefficient (Wildman–Crippen LogP) is 2.52. The van der Waals surface area contributed by atoms with Crippen molar-refractivity contribution >= 4 is 43.7 Å². The van der Waals surface area contributed by atoms with Crippen LogP contribution in [0.25, 0.3) is 0 Å². The summed E-state index contributed by atoms with van der Waals surface area (Å²) >= 11 is 6.74. The molecule has 1 aromatic carbocycles. The van der Waals surface area contributed by atoms with E-state index in [2.05, 4.69) is 37.2 Å². The third-order valence-electron chi connectivity index (χ3n) is 3.97. The molecule has 6 nitrogen and oxygen atoms in total. The lowest BCUT2D eigenvalue weighted by Gasteiger charge is -2.35. The molecule has 0 spiro atoms. The second-order valence-electron chi connectivity index (χ2n) is 5.70. The topological polar surface area (TPSA) is 84.9 Å². The number of hydrogen-bond acceptors (Lipinski definition) is 4. The number of ether oxygens (including phenoxy) is 2. The van der Waals surface area contributed by atoms with Crippen LogP contribution < -0.4 is 5.32 Å². The quantitative estimate of drug-likeness (QED) is 0.675. The van der Waals surface area contributed by atoms with Gasteiger partial charge in [-0.2, -0.15) is 0 Å². The highest BCUT2D eigenvalue weighted by molar-refractivity contribution is 9.11. The second-order valence-corrected chi connectivity index (χ2v) is 7.53. The number of amides is 1. The minimum Gasteiger partial charge on any atom is -0.480 e. The Morgan fingerprint density at radius 3 is 2.54 bits per heavy atom. The van der Waals surface area contributed by atoms with Crippen LogP contribution in [-0.2, 0) is 25.5 Å². The van der Waals surface area contributed by atoms with E-state index in [4.69, 9.17) is 9.47 Å². The summed E-state index contributed by atoms with van der Waals surface area (Å²) in [6, 6.07) is 4.45. The molecule has 1 amide bonds. The predicted molar refractivity (Wildman–Crippen MR) is 94.9 cm³/mol. The van der Waals surface area contributed by atoms with Crippen molar-refractivity contribution in [3.05, 3.63) is 32.7 Å². The SMILES string of the molecule is COC1(C(=O)NC(Cc2cc(Br)cc(Br)c2)C(=O)O)CCCOC1. The van der Waals surface area contributed by atoms with Crippen LogP contribution in [0.1, 0.15) is 18.4 Å². The Morgan fingerprint density at radius 1 is 1.38 bits per heavy atom. The number of hydrogen-bond donors (Lipinski definition) is 2. The van der Waals surface area contributed by atoms with Crippen molar-refractivity contribution in [2.45, 2.75) is 30.9 Å². The molecule has 0 aromatic heterocycles. The fourth-order valence-electron chi connectivity index (χ4n) is 2.66. The summed E-state index contributed by atoms with van der Waals surface area (Å²) in [5.74, 6) is -1.55. The normalized spacial score (nSPS) is 22.0. The van der Waals surface area contributed by atoms with E-state index in [9.17, 15) is 14.7 Å². The van der Waals surface area contributed by atoms with Gasteiger partial charge in [0.15, 0.2) is 5.60 Å². The van der Waals surface area contributed by atoms with Gasteiger partial charge < -0.3 is 19.9 Å². The molecule has 0 saturated carbocycles. The molecule has 2 N–H and O–H groups in total. The van der Waals surface area contributed by atoms with Crippen LogP contribution in [0, 0.1) is 0 Å². The molecular weight excluding hydrogens is 446 g/mol. The molecule has 0 aliphatic carbocycles. The number of carboxylic acids is 1. The van der Waals surface area contributed by atoms with E-state index < -0.39 is 23.5 Å². The molecule has 24 heavy (non-hydrogen) atoms. The van der Waals surface area contributed by atoms with Gasteiger partial charge in [0.05, 0.1) is 6.61 Å². The highest BCUT2D eigenvalue weighted by atomic mass is 79.9. The number of carboxylic acid groups (broad SMARTS) is 1. The van der Waals surface area contributed by atoms with Crippen LogP contribution in [0.15, 0.2) is 27.1 Å². The average molecular weight is 465 g/mol. The molecule has 2 rings (SSSR count). The Bertz CT molecular complexity index is 596. The number of rotatable bonds is 6. The maximum Gasteiger partial charge on any atom is 0.326 e. The van der Waals surface area contributed by atoms with Gasteiger partial charge in [-0.15, -0.1) is 0 Å². The summed E-state index contributed by atoms with van der Waals surface area (Å²) in [6.45, 7) is 0.705. The van der Waals surface area contributed by atoms with Crippen LogP contribution in [-0.4, -0.2) is 48.9 Å². The Hall–Kier alpha value is -0.960. The third-order valence-corrected chi connectivity index (χ3v) is 4.89. The minimum absolute atomic E-state index is 0.129. The van der Waals surface area contributed by atoms with Crippen molar-refractivity contribution in [1.82, 2.24) is 5.32 Å². The minimum atomic E-state index is -1.12. The molecule has 1 aliphatic rings. The molecule has 132 valence electrons. The molecule has 0 radical (unpaired) electrons. The van der Waals surface area contributed by atoms with Gasteiger partial charge in [0.2, 0.25) is 0 Å². The molecule has 0 bridgehead atoms. The van der Waals surface area contributed by atoms with Crippen molar-refractivity contribution in [3.8, 4) is 0 Å². The number of methoxy groups -OCH3 is 1. The highest BCUT2D eigenvalue weighted by Crippen LogP contribution is 2.24. The summed E-state index contributed by atoms with van der Waals surface area (Å²) in [7, 11) is 1.44. The molecule has 1 fully saturated rings. The van der Waals surface area contributed by atoms with E-state index in [0.717, 1.165) is 14.5 Å². The van der Waals surface area contributed by atoms with Gasteiger partial charge >= 0.3 is 5.97 Å². The van der Waals surface area contributed by atoms with Crippen LogP contribution >= 0.6 is 31.9 Å². The lowest BCUT2D eigenvalue weighted by Crippen LogP contribution is -2.57. The second kappa shape index (κ2) is 8.42. The zero-order valence-electron chi connectivity index (χ0n) is 13.2. The third kappa shape index (κ3) is 4.78. The van der Waals surface area contributed by atoms with Gasteiger partial charge in [0.25, 0.3) is 5.91 Å². The molecule has 1 aliphatic heterocycles. The summed E-state index contributed by atoms with van der Waals surface area (Å²) < 4.78 is 12.4. The number of aliphatic carboxylic acids is 1. The Morgan fingerprint density at radius 2 is 2.04 bits per heavy atom. The molecule has 1 aromatic rings. The first-order chi connectivity index (χ1) is 11.4. The van der Waals surface area contributed by atoms with Crippen molar-refractivity contribution in [2.24, 2.45) is 0 Å². The zero-order chi connectivity index (χ0) is 17.7. The monoisotopic (exact) mass is 463 g/mol. The first-order valence-electron chi connectivity index (χ1n) is 7.48. The molecule has 8 heteroatoms. The molecule has 1 heterocycles. The van der Waals surface area contributed by atoms with Gasteiger partial charge in [0.1, 0.15) is 6.04 Å². The lowest BCUT2D eigenvalue weighted by molar-refractivity contribution is -0.163. The number of carbonyl (C=O) groups is 2. The molecule has 1 saturated heterocycles. The fourth-order valence-corrected chi connectivity index (χ4v) is 4.04. The standard InChI is InChI=1S/C16H19Br2NO5/c1-23-16(3-2-4-24-9-16)15(22)19-13(14(20)21)7-10-5-11(17)8-12(18)6-10/h5-6,8,13H,2-4,7,9H2,1H3,(H,19,22)(H,20,21). The largest absolute Gasteiger partial charge is 0.480 e. The average Bonchev–Trinajstić information content (AvgIpc) is 2.53. The van der Waals surface area contributed by atoms with E-state index in [1.54, 1.807) is 0 Å². The summed E-state index contributed by atoms with van der Waals surface area (Å²) in [4.78, 5) is 24.2. The van der Waals surface area contributed by atoms with Crippen LogP contribution in [0.2, 0.25) is 0 Å². The highest BCUT2D eigenvalue weighted by Gasteiger charge is 2.42. The number of nitrogens with one attached hydrogen (secondary N) is 1. The Kier molecular flexibility index (Phi) is 6.79. The first-order valence-corrected chi connectivity index (χ1v) is 9.06. The first kappa shape index (κ1) is 19.4.